The van der Waals surface area contributed by atoms with Gasteiger partial charge in [0.1, 0.15) is 0 Å². The fourth-order valence-electron chi connectivity index (χ4n) is 2.73. The number of aromatic nitrogens is 1. The van der Waals surface area contributed by atoms with Crippen molar-refractivity contribution in [2.45, 2.75) is 0 Å². The number of para-hydroxylation sites is 1. The van der Waals surface area contributed by atoms with E-state index in [0.717, 1.165) is 42.8 Å². The summed E-state index contributed by atoms with van der Waals surface area (Å²) in [6.45, 7) is 7.60. The molecule has 0 aliphatic carbocycles. The van der Waals surface area contributed by atoms with Crippen LogP contribution in [-0.4, -0.2) is 53.8 Å². The lowest BCUT2D eigenvalue weighted by Crippen LogP contribution is -2.55. The summed E-state index contributed by atoms with van der Waals surface area (Å²) < 4.78 is 0. The summed E-state index contributed by atoms with van der Waals surface area (Å²) in [5.41, 5.74) is 1.63. The molecular formula is C17H21N5O. The molecule has 1 aliphatic heterocycles. The van der Waals surface area contributed by atoms with Crippen LogP contribution >= 0.6 is 0 Å². The minimum atomic E-state index is -0.150. The molecule has 23 heavy (non-hydrogen) atoms. The average molecular weight is 311 g/mol. The van der Waals surface area contributed by atoms with E-state index in [1.807, 2.05) is 30.3 Å². The summed E-state index contributed by atoms with van der Waals surface area (Å²) in [4.78, 5) is 17.1. The Morgan fingerprint density at radius 3 is 2.91 bits per heavy atom. The van der Waals surface area contributed by atoms with Crippen LogP contribution in [0.1, 0.15) is 0 Å². The van der Waals surface area contributed by atoms with Gasteiger partial charge >= 0.3 is 6.03 Å². The number of nitrogens with zero attached hydrogens (tertiary/aromatic N) is 3. The van der Waals surface area contributed by atoms with Gasteiger partial charge in [0.25, 0.3) is 0 Å². The van der Waals surface area contributed by atoms with Gasteiger partial charge in [-0.25, -0.2) is 9.80 Å². The van der Waals surface area contributed by atoms with Crippen LogP contribution in [0.15, 0.2) is 49.2 Å². The molecule has 0 radical (unpaired) electrons. The topological polar surface area (TPSA) is 60.5 Å². The minimum absolute atomic E-state index is 0.150. The van der Waals surface area contributed by atoms with E-state index in [4.69, 9.17) is 0 Å². The Bertz CT molecular complexity index is 691. The van der Waals surface area contributed by atoms with Crippen LogP contribution < -0.4 is 10.6 Å². The highest BCUT2D eigenvalue weighted by molar-refractivity contribution is 6.00. The van der Waals surface area contributed by atoms with Gasteiger partial charge in [-0.3, -0.25) is 9.99 Å². The van der Waals surface area contributed by atoms with E-state index in [1.54, 1.807) is 17.3 Å². The number of carbonyl (C=O) groups is 1. The van der Waals surface area contributed by atoms with Gasteiger partial charge < -0.3 is 10.6 Å². The van der Waals surface area contributed by atoms with Crippen LogP contribution in [0.2, 0.25) is 0 Å². The Morgan fingerprint density at radius 2 is 2.13 bits per heavy atom. The SMILES string of the molecule is C=CCN(C(=O)Nc1ccnc2ccccc12)N1CCNCC1. The lowest BCUT2D eigenvalue weighted by molar-refractivity contribution is 0.0189. The van der Waals surface area contributed by atoms with Crippen molar-refractivity contribution in [2.24, 2.45) is 0 Å². The van der Waals surface area contributed by atoms with Crippen LogP contribution in [0, 0.1) is 0 Å². The van der Waals surface area contributed by atoms with E-state index in [9.17, 15) is 4.79 Å². The molecule has 120 valence electrons. The van der Waals surface area contributed by atoms with Crippen LogP contribution in [0.3, 0.4) is 0 Å². The number of hydrogen-bond acceptors (Lipinski definition) is 4. The second-order valence-electron chi connectivity index (χ2n) is 5.38. The molecule has 1 aliphatic rings. The number of pyridine rings is 1. The van der Waals surface area contributed by atoms with Crippen molar-refractivity contribution in [1.29, 1.82) is 0 Å². The van der Waals surface area contributed by atoms with Crippen molar-refractivity contribution in [3.63, 3.8) is 0 Å². The third-order valence-corrected chi connectivity index (χ3v) is 3.86. The fourth-order valence-corrected chi connectivity index (χ4v) is 2.73. The highest BCUT2D eigenvalue weighted by Gasteiger charge is 2.22. The number of hydrogen-bond donors (Lipinski definition) is 2. The predicted molar refractivity (Wildman–Crippen MR) is 92.1 cm³/mol. The third-order valence-electron chi connectivity index (χ3n) is 3.86. The maximum atomic E-state index is 12.7. The Hall–Kier alpha value is -2.44. The van der Waals surface area contributed by atoms with Crippen LogP contribution in [0.5, 0.6) is 0 Å². The van der Waals surface area contributed by atoms with E-state index in [2.05, 4.69) is 27.2 Å². The molecule has 2 aromatic rings. The van der Waals surface area contributed by atoms with E-state index >= 15 is 0 Å². The first-order valence-corrected chi connectivity index (χ1v) is 7.78. The molecule has 0 bridgehead atoms. The predicted octanol–water partition coefficient (Wildman–Crippen LogP) is 2.07. The molecule has 1 saturated heterocycles. The summed E-state index contributed by atoms with van der Waals surface area (Å²) in [7, 11) is 0. The molecule has 2 N–H and O–H groups in total. The van der Waals surface area contributed by atoms with Crippen molar-refractivity contribution in [1.82, 2.24) is 20.3 Å². The zero-order chi connectivity index (χ0) is 16.1. The minimum Gasteiger partial charge on any atom is -0.314 e. The van der Waals surface area contributed by atoms with Gasteiger partial charge in [0.05, 0.1) is 17.7 Å². The molecule has 0 atom stereocenters. The molecule has 0 spiro atoms. The molecule has 2 amide bonds. The number of piperazine rings is 1. The molecule has 1 aromatic heterocycles. The molecule has 3 rings (SSSR count). The highest BCUT2D eigenvalue weighted by Crippen LogP contribution is 2.21. The first-order valence-electron chi connectivity index (χ1n) is 7.78. The molecule has 6 heteroatoms. The smallest absolute Gasteiger partial charge is 0.314 e. The Kier molecular flexibility index (Phi) is 4.85. The van der Waals surface area contributed by atoms with Gasteiger partial charge in [-0.05, 0) is 12.1 Å². The average Bonchev–Trinajstić information content (AvgIpc) is 2.60. The normalized spacial score (nSPS) is 15.3. The van der Waals surface area contributed by atoms with E-state index < -0.39 is 0 Å². The molecule has 0 unspecified atom stereocenters. The summed E-state index contributed by atoms with van der Waals surface area (Å²) in [5, 5.41) is 11.0. The number of urea groups is 1. The fraction of sp³-hybridized carbons (Fsp3) is 0.294. The highest BCUT2D eigenvalue weighted by atomic mass is 16.2. The number of carbonyl (C=O) groups excluding carboxylic acids is 1. The summed E-state index contributed by atoms with van der Waals surface area (Å²) in [5.74, 6) is 0. The molecule has 0 saturated carbocycles. The quantitative estimate of drug-likeness (QED) is 0.849. The maximum Gasteiger partial charge on any atom is 0.336 e. The Balaban J connectivity index is 1.81. The van der Waals surface area contributed by atoms with Gasteiger partial charge in [0, 0.05) is 37.8 Å². The molecule has 1 aromatic carbocycles. The number of hydrazine groups is 1. The number of amides is 2. The number of benzene rings is 1. The van der Waals surface area contributed by atoms with Crippen molar-refractivity contribution < 1.29 is 4.79 Å². The monoisotopic (exact) mass is 311 g/mol. The molecule has 6 nitrogen and oxygen atoms in total. The lowest BCUT2D eigenvalue weighted by Gasteiger charge is -2.37. The number of nitrogens with one attached hydrogen (secondary N) is 2. The van der Waals surface area contributed by atoms with E-state index in [0.29, 0.717) is 6.54 Å². The standard InChI is InChI=1S/C17H21N5O/c1-2-11-22(21-12-9-18-10-13-21)17(23)20-16-7-8-19-15-6-4-3-5-14(15)16/h2-8,18H,1,9-13H2,(H,19,20,23). The third kappa shape index (κ3) is 3.49. The first-order chi connectivity index (χ1) is 11.3. The van der Waals surface area contributed by atoms with E-state index in [-0.39, 0.29) is 6.03 Å². The first kappa shape index (κ1) is 15.5. The van der Waals surface area contributed by atoms with Crippen molar-refractivity contribution in [2.75, 3.05) is 38.0 Å². The van der Waals surface area contributed by atoms with Gasteiger partial charge in [0.2, 0.25) is 0 Å². The van der Waals surface area contributed by atoms with Crippen molar-refractivity contribution in [3.05, 3.63) is 49.2 Å². The van der Waals surface area contributed by atoms with E-state index in [1.165, 1.54) is 0 Å². The molecular weight excluding hydrogens is 290 g/mol. The van der Waals surface area contributed by atoms with Crippen molar-refractivity contribution in [3.8, 4) is 0 Å². The van der Waals surface area contributed by atoms with Crippen LogP contribution in [0.25, 0.3) is 10.9 Å². The lowest BCUT2D eigenvalue weighted by atomic mass is 10.2. The Labute approximate surface area is 135 Å². The van der Waals surface area contributed by atoms with Crippen LogP contribution in [0.4, 0.5) is 10.5 Å². The maximum absolute atomic E-state index is 12.7. The number of anilines is 1. The number of rotatable bonds is 4. The zero-order valence-electron chi connectivity index (χ0n) is 13.0. The summed E-state index contributed by atoms with van der Waals surface area (Å²) in [6, 6.07) is 9.44. The summed E-state index contributed by atoms with van der Waals surface area (Å²) in [6.07, 6.45) is 3.45. The zero-order valence-corrected chi connectivity index (χ0v) is 13.0. The van der Waals surface area contributed by atoms with Gasteiger partial charge in [0.15, 0.2) is 0 Å². The van der Waals surface area contributed by atoms with Gasteiger partial charge in [-0.2, -0.15) is 0 Å². The van der Waals surface area contributed by atoms with Gasteiger partial charge in [-0.15, -0.1) is 6.58 Å². The van der Waals surface area contributed by atoms with Crippen LogP contribution in [-0.2, 0) is 0 Å². The van der Waals surface area contributed by atoms with Crippen molar-refractivity contribution >= 4 is 22.6 Å². The molecule has 2 heterocycles. The largest absolute Gasteiger partial charge is 0.336 e. The second-order valence-corrected chi connectivity index (χ2v) is 5.38. The second kappa shape index (κ2) is 7.21. The Morgan fingerprint density at radius 1 is 1.35 bits per heavy atom. The summed E-state index contributed by atoms with van der Waals surface area (Å²) >= 11 is 0. The number of fused-ring (bicyclic) bond motifs is 1. The molecule has 1 fully saturated rings. The van der Waals surface area contributed by atoms with Gasteiger partial charge in [-0.1, -0.05) is 24.3 Å².